The molecule has 0 saturated carbocycles. The molecule has 0 aromatic heterocycles. The smallest absolute Gasteiger partial charge is 0.282 e. The van der Waals surface area contributed by atoms with Gasteiger partial charge < -0.3 is 9.47 Å². The van der Waals surface area contributed by atoms with Crippen molar-refractivity contribution in [1.29, 1.82) is 0 Å². The number of methoxy groups -OCH3 is 2. The molecule has 7 heteroatoms. The fourth-order valence-corrected chi connectivity index (χ4v) is 1.93. The van der Waals surface area contributed by atoms with Gasteiger partial charge in [-0.1, -0.05) is 24.3 Å². The molecule has 24 heavy (non-hydrogen) atoms. The second-order valence-electron chi connectivity index (χ2n) is 4.68. The Hall–Kier alpha value is -3.22. The zero-order valence-electron chi connectivity index (χ0n) is 13.3. The van der Waals surface area contributed by atoms with Crippen LogP contribution >= 0.6 is 0 Å². The molecule has 124 valence electrons. The van der Waals surface area contributed by atoms with Crippen LogP contribution in [0.5, 0.6) is 11.5 Å². The lowest BCUT2D eigenvalue weighted by Crippen LogP contribution is -2.22. The lowest BCUT2D eigenvalue weighted by Gasteiger charge is -2.04. The minimum absolute atomic E-state index is 0.474. The Morgan fingerprint density at radius 3 is 1.71 bits per heavy atom. The normalized spacial score (nSPS) is 12.4. The molecule has 0 amide bonds. The van der Waals surface area contributed by atoms with E-state index >= 15 is 0 Å². The van der Waals surface area contributed by atoms with Crippen molar-refractivity contribution >= 4 is 23.8 Å². The number of nitrogens with zero attached hydrogens (tertiary/aromatic N) is 3. The average Bonchev–Trinajstić information content (AvgIpc) is 2.62. The van der Waals surface area contributed by atoms with Gasteiger partial charge in [0.2, 0.25) is 0 Å². The summed E-state index contributed by atoms with van der Waals surface area (Å²) in [5, 5.41) is 11.2. The SMILES string of the molecule is COc1ccccc1N=CC(C=Nc1ccccc1OC)[N+](=O)[O-]. The molecule has 0 aliphatic carbocycles. The Kier molecular flexibility index (Phi) is 6.01. The maximum absolute atomic E-state index is 11.2. The van der Waals surface area contributed by atoms with Crippen LogP contribution in [0.2, 0.25) is 0 Å². The van der Waals surface area contributed by atoms with E-state index in [1.807, 2.05) is 0 Å². The van der Waals surface area contributed by atoms with Gasteiger partial charge in [0.25, 0.3) is 6.04 Å². The fraction of sp³-hybridized carbons (Fsp3) is 0.176. The van der Waals surface area contributed by atoms with Crippen molar-refractivity contribution in [3.05, 3.63) is 58.6 Å². The second kappa shape index (κ2) is 8.42. The van der Waals surface area contributed by atoms with Crippen LogP contribution in [0.15, 0.2) is 58.5 Å². The first kappa shape index (κ1) is 17.1. The minimum atomic E-state index is -1.17. The van der Waals surface area contributed by atoms with Crippen LogP contribution in [-0.4, -0.2) is 37.6 Å². The Labute approximate surface area is 139 Å². The van der Waals surface area contributed by atoms with Crippen molar-refractivity contribution in [1.82, 2.24) is 0 Å². The van der Waals surface area contributed by atoms with Gasteiger partial charge in [0.05, 0.1) is 26.6 Å². The molecule has 2 rings (SSSR count). The summed E-state index contributed by atoms with van der Waals surface area (Å²) in [6.45, 7) is 0. The van der Waals surface area contributed by atoms with Gasteiger partial charge in [-0.05, 0) is 24.3 Å². The maximum Gasteiger partial charge on any atom is 0.282 e. The van der Waals surface area contributed by atoms with E-state index in [-0.39, 0.29) is 0 Å². The summed E-state index contributed by atoms with van der Waals surface area (Å²) in [7, 11) is 3.03. The van der Waals surface area contributed by atoms with Crippen molar-refractivity contribution in [2.45, 2.75) is 6.04 Å². The van der Waals surface area contributed by atoms with E-state index in [4.69, 9.17) is 9.47 Å². The molecule has 0 spiro atoms. The Balaban J connectivity index is 2.22. The summed E-state index contributed by atoms with van der Waals surface area (Å²) in [5.41, 5.74) is 1.02. The summed E-state index contributed by atoms with van der Waals surface area (Å²) in [6, 6.07) is 12.9. The summed E-state index contributed by atoms with van der Waals surface area (Å²) in [4.78, 5) is 19.0. The molecule has 0 N–H and O–H groups in total. The molecule has 0 saturated heterocycles. The number of hydrogen-bond donors (Lipinski definition) is 0. The molecule has 0 aliphatic rings. The van der Waals surface area contributed by atoms with Crippen LogP contribution in [0.3, 0.4) is 0 Å². The molecule has 0 heterocycles. The highest BCUT2D eigenvalue weighted by molar-refractivity contribution is 5.89. The third kappa shape index (κ3) is 4.39. The monoisotopic (exact) mass is 327 g/mol. The van der Waals surface area contributed by atoms with Gasteiger partial charge in [-0.3, -0.25) is 10.1 Å². The lowest BCUT2D eigenvalue weighted by atomic mass is 10.3. The number of rotatable bonds is 7. The van der Waals surface area contributed by atoms with Crippen LogP contribution in [0.1, 0.15) is 0 Å². The highest BCUT2D eigenvalue weighted by Crippen LogP contribution is 2.27. The molecule has 2 aromatic carbocycles. The number of ether oxygens (including phenoxy) is 2. The molecule has 7 nitrogen and oxygen atoms in total. The highest BCUT2D eigenvalue weighted by atomic mass is 16.6. The van der Waals surface area contributed by atoms with E-state index in [0.717, 1.165) is 0 Å². The number of aliphatic imine (C=N–C) groups is 2. The maximum atomic E-state index is 11.2. The average molecular weight is 327 g/mol. The molecule has 2 aromatic rings. The molecular formula is C17H17N3O4. The topological polar surface area (TPSA) is 86.3 Å². The van der Waals surface area contributed by atoms with Gasteiger partial charge in [0, 0.05) is 4.92 Å². The van der Waals surface area contributed by atoms with Crippen LogP contribution in [0.4, 0.5) is 11.4 Å². The van der Waals surface area contributed by atoms with Crippen molar-refractivity contribution in [3.63, 3.8) is 0 Å². The quantitative estimate of drug-likeness (QED) is 0.443. The summed E-state index contributed by atoms with van der Waals surface area (Å²) in [6.07, 6.45) is 2.44. The summed E-state index contributed by atoms with van der Waals surface area (Å²) >= 11 is 0. The zero-order valence-corrected chi connectivity index (χ0v) is 13.3. The first-order valence-corrected chi connectivity index (χ1v) is 7.13. The highest BCUT2D eigenvalue weighted by Gasteiger charge is 2.15. The van der Waals surface area contributed by atoms with E-state index < -0.39 is 11.0 Å². The van der Waals surface area contributed by atoms with Gasteiger partial charge >= 0.3 is 0 Å². The van der Waals surface area contributed by atoms with Crippen LogP contribution in [-0.2, 0) is 0 Å². The molecule has 0 aliphatic heterocycles. The van der Waals surface area contributed by atoms with Gasteiger partial charge in [0.1, 0.15) is 22.9 Å². The van der Waals surface area contributed by atoms with E-state index in [0.29, 0.717) is 22.9 Å². The zero-order chi connectivity index (χ0) is 17.4. The van der Waals surface area contributed by atoms with Gasteiger partial charge in [0.15, 0.2) is 0 Å². The number of nitro groups is 1. The fourth-order valence-electron chi connectivity index (χ4n) is 1.93. The van der Waals surface area contributed by atoms with Crippen molar-refractivity contribution < 1.29 is 14.4 Å². The van der Waals surface area contributed by atoms with E-state index in [2.05, 4.69) is 9.98 Å². The van der Waals surface area contributed by atoms with Crippen molar-refractivity contribution in [3.8, 4) is 11.5 Å². The second-order valence-corrected chi connectivity index (χ2v) is 4.68. The van der Waals surface area contributed by atoms with Crippen LogP contribution < -0.4 is 9.47 Å². The molecule has 0 atom stereocenters. The molecule has 0 radical (unpaired) electrons. The standard InChI is InChI=1S/C17H17N3O4/c1-23-16-9-5-3-7-14(16)18-11-13(20(21)22)12-19-15-8-4-6-10-17(15)24-2/h3-13H,1-2H3. The molecule has 0 unspecified atom stereocenters. The minimum Gasteiger partial charge on any atom is -0.494 e. The largest absolute Gasteiger partial charge is 0.494 e. The predicted molar refractivity (Wildman–Crippen MR) is 93.1 cm³/mol. The lowest BCUT2D eigenvalue weighted by molar-refractivity contribution is -0.482. The number of benzene rings is 2. The Morgan fingerprint density at radius 1 is 0.917 bits per heavy atom. The van der Waals surface area contributed by atoms with Gasteiger partial charge in [-0.15, -0.1) is 0 Å². The van der Waals surface area contributed by atoms with E-state index in [1.165, 1.54) is 26.6 Å². The third-order valence-electron chi connectivity index (χ3n) is 3.15. The van der Waals surface area contributed by atoms with Crippen molar-refractivity contribution in [2.75, 3.05) is 14.2 Å². The van der Waals surface area contributed by atoms with Crippen LogP contribution in [0.25, 0.3) is 0 Å². The molecule has 0 fully saturated rings. The Bertz CT molecular complexity index is 702. The first-order valence-electron chi connectivity index (χ1n) is 7.13. The number of hydrogen-bond acceptors (Lipinski definition) is 6. The summed E-state index contributed by atoms with van der Waals surface area (Å²) < 4.78 is 10.3. The van der Waals surface area contributed by atoms with Gasteiger partial charge in [-0.2, -0.15) is 0 Å². The Morgan fingerprint density at radius 2 is 1.33 bits per heavy atom. The number of para-hydroxylation sites is 4. The first-order chi connectivity index (χ1) is 11.7. The summed E-state index contributed by atoms with van der Waals surface area (Å²) in [5.74, 6) is 1.08. The molecular weight excluding hydrogens is 310 g/mol. The van der Waals surface area contributed by atoms with E-state index in [9.17, 15) is 10.1 Å². The van der Waals surface area contributed by atoms with Crippen molar-refractivity contribution in [2.24, 2.45) is 9.98 Å². The molecule has 0 bridgehead atoms. The van der Waals surface area contributed by atoms with Gasteiger partial charge in [-0.25, -0.2) is 9.98 Å². The van der Waals surface area contributed by atoms with E-state index in [1.54, 1.807) is 48.5 Å². The predicted octanol–water partition coefficient (Wildman–Crippen LogP) is 3.45. The van der Waals surface area contributed by atoms with Crippen LogP contribution in [0, 0.1) is 10.1 Å². The third-order valence-corrected chi connectivity index (χ3v) is 3.15.